The Labute approximate surface area is 118 Å². The van der Waals surface area contributed by atoms with Gasteiger partial charge in [0.2, 0.25) is 5.91 Å². The molecular formula is C15H21NO4. The lowest BCUT2D eigenvalue weighted by Gasteiger charge is -2.14. The number of carbonyl (C=O) groups excluding carboxylic acids is 2. The molecule has 20 heavy (non-hydrogen) atoms. The molecule has 2 rings (SSSR count). The fourth-order valence-corrected chi connectivity index (χ4v) is 2.21. The summed E-state index contributed by atoms with van der Waals surface area (Å²) in [4.78, 5) is 24.3. The Morgan fingerprint density at radius 1 is 1.45 bits per heavy atom. The van der Waals surface area contributed by atoms with Crippen LogP contribution in [0.5, 0.6) is 0 Å². The predicted octanol–water partition coefficient (Wildman–Crippen LogP) is 1.97. The molecule has 1 aromatic rings. The van der Waals surface area contributed by atoms with E-state index < -0.39 is 5.97 Å². The quantitative estimate of drug-likeness (QED) is 0.747. The number of nitrogens with zero attached hydrogens (tertiary/aromatic N) is 1. The van der Waals surface area contributed by atoms with E-state index in [-0.39, 0.29) is 12.5 Å². The van der Waals surface area contributed by atoms with E-state index in [1.807, 2.05) is 12.1 Å². The van der Waals surface area contributed by atoms with Gasteiger partial charge in [0.25, 0.3) is 0 Å². The lowest BCUT2D eigenvalue weighted by Crippen LogP contribution is -2.32. The van der Waals surface area contributed by atoms with E-state index in [1.54, 1.807) is 7.05 Å². The summed E-state index contributed by atoms with van der Waals surface area (Å²) in [5, 5.41) is 0. The Morgan fingerprint density at radius 3 is 2.75 bits per heavy atom. The zero-order chi connectivity index (χ0) is 14.7. The van der Waals surface area contributed by atoms with E-state index in [4.69, 9.17) is 4.42 Å². The molecule has 1 aromatic heterocycles. The van der Waals surface area contributed by atoms with Gasteiger partial charge < -0.3 is 14.1 Å². The van der Waals surface area contributed by atoms with E-state index in [0.29, 0.717) is 24.7 Å². The minimum Gasteiger partial charge on any atom is -0.468 e. The molecule has 1 saturated carbocycles. The molecule has 0 aromatic carbocycles. The number of carbonyl (C=O) groups is 2. The summed E-state index contributed by atoms with van der Waals surface area (Å²) in [6.07, 6.45) is 2.08. The molecule has 5 heteroatoms. The van der Waals surface area contributed by atoms with Crippen LogP contribution in [0.1, 0.15) is 37.2 Å². The third kappa shape index (κ3) is 3.62. The molecular weight excluding hydrogens is 258 g/mol. The van der Waals surface area contributed by atoms with Crippen LogP contribution in [0.25, 0.3) is 0 Å². The normalized spacial score (nSPS) is 20.6. The van der Waals surface area contributed by atoms with Crippen LogP contribution < -0.4 is 0 Å². The Kier molecular flexibility index (Phi) is 4.47. The second kappa shape index (κ2) is 6.11. The van der Waals surface area contributed by atoms with E-state index in [2.05, 4.69) is 11.7 Å². The topological polar surface area (TPSA) is 59.8 Å². The van der Waals surface area contributed by atoms with Crippen LogP contribution in [0.15, 0.2) is 16.5 Å². The minimum atomic E-state index is -0.413. The van der Waals surface area contributed by atoms with Gasteiger partial charge in [-0.05, 0) is 24.5 Å². The first-order valence-electron chi connectivity index (χ1n) is 6.90. The molecule has 1 aliphatic rings. The van der Waals surface area contributed by atoms with Crippen LogP contribution in [0.4, 0.5) is 0 Å². The number of likely N-dealkylation sites (N-methyl/N-ethyl adjacent to an activating group) is 1. The van der Waals surface area contributed by atoms with Crippen molar-refractivity contribution in [3.05, 3.63) is 23.7 Å². The highest BCUT2D eigenvalue weighted by molar-refractivity contribution is 5.81. The van der Waals surface area contributed by atoms with Gasteiger partial charge in [0.05, 0.1) is 7.11 Å². The van der Waals surface area contributed by atoms with Crippen molar-refractivity contribution in [3.63, 3.8) is 0 Å². The molecule has 5 nitrogen and oxygen atoms in total. The summed E-state index contributed by atoms with van der Waals surface area (Å²) in [6, 6.07) is 3.94. The number of amides is 1. The van der Waals surface area contributed by atoms with Crippen molar-refractivity contribution in [1.29, 1.82) is 0 Å². The lowest BCUT2D eigenvalue weighted by atomic mass is 10.2. The van der Waals surface area contributed by atoms with Gasteiger partial charge in [0, 0.05) is 25.8 Å². The van der Waals surface area contributed by atoms with Gasteiger partial charge in [-0.1, -0.05) is 6.92 Å². The standard InChI is InChI=1S/C15H21NO4/c1-10-8-12(10)13-6-4-11(20-13)5-7-14(17)16(2)9-15(18)19-3/h4,6,10,12H,5,7-9H2,1-3H3. The van der Waals surface area contributed by atoms with Gasteiger partial charge in [-0.2, -0.15) is 0 Å². The largest absolute Gasteiger partial charge is 0.468 e. The third-order valence-corrected chi connectivity index (χ3v) is 3.76. The van der Waals surface area contributed by atoms with Crippen LogP contribution >= 0.6 is 0 Å². The van der Waals surface area contributed by atoms with E-state index in [1.165, 1.54) is 18.4 Å². The molecule has 0 saturated heterocycles. The summed E-state index contributed by atoms with van der Waals surface area (Å²) in [5.41, 5.74) is 0. The average molecular weight is 279 g/mol. The number of rotatable bonds is 6. The molecule has 0 N–H and O–H groups in total. The lowest BCUT2D eigenvalue weighted by molar-refractivity contribution is -0.146. The Morgan fingerprint density at radius 2 is 2.15 bits per heavy atom. The summed E-state index contributed by atoms with van der Waals surface area (Å²) < 4.78 is 10.3. The van der Waals surface area contributed by atoms with Gasteiger partial charge in [-0.15, -0.1) is 0 Å². The smallest absolute Gasteiger partial charge is 0.325 e. The second-order valence-corrected chi connectivity index (χ2v) is 5.45. The summed E-state index contributed by atoms with van der Waals surface area (Å²) in [5.74, 6) is 2.63. The van der Waals surface area contributed by atoms with Crippen molar-refractivity contribution in [3.8, 4) is 0 Å². The highest BCUT2D eigenvalue weighted by Crippen LogP contribution is 2.47. The number of hydrogen-bond donors (Lipinski definition) is 0. The molecule has 1 fully saturated rings. The molecule has 2 unspecified atom stereocenters. The number of aryl methyl sites for hydroxylation is 1. The first kappa shape index (κ1) is 14.6. The first-order valence-corrected chi connectivity index (χ1v) is 6.90. The highest BCUT2D eigenvalue weighted by Gasteiger charge is 2.36. The monoisotopic (exact) mass is 279 g/mol. The zero-order valence-corrected chi connectivity index (χ0v) is 12.2. The summed E-state index contributed by atoms with van der Waals surface area (Å²) in [6.45, 7) is 2.19. The van der Waals surface area contributed by atoms with E-state index >= 15 is 0 Å². The van der Waals surface area contributed by atoms with Crippen molar-refractivity contribution < 1.29 is 18.7 Å². The van der Waals surface area contributed by atoms with Crippen LogP contribution in [0.2, 0.25) is 0 Å². The van der Waals surface area contributed by atoms with Gasteiger partial charge in [0.1, 0.15) is 18.1 Å². The molecule has 0 spiro atoms. The second-order valence-electron chi connectivity index (χ2n) is 5.45. The van der Waals surface area contributed by atoms with Crippen LogP contribution in [0, 0.1) is 5.92 Å². The first-order chi connectivity index (χ1) is 9.51. The number of hydrogen-bond acceptors (Lipinski definition) is 4. The maximum atomic E-state index is 11.8. The molecule has 110 valence electrons. The van der Waals surface area contributed by atoms with Crippen molar-refractivity contribution in [1.82, 2.24) is 4.90 Å². The highest BCUT2D eigenvalue weighted by atomic mass is 16.5. The minimum absolute atomic E-state index is 0.0155. The Bertz CT molecular complexity index is 494. The van der Waals surface area contributed by atoms with Crippen molar-refractivity contribution in [2.24, 2.45) is 5.92 Å². The van der Waals surface area contributed by atoms with Crippen molar-refractivity contribution in [2.75, 3.05) is 20.7 Å². The molecule has 0 aliphatic heterocycles. The molecule has 0 radical (unpaired) electrons. The number of ether oxygens (including phenoxy) is 1. The van der Waals surface area contributed by atoms with Gasteiger partial charge >= 0.3 is 5.97 Å². The predicted molar refractivity (Wildman–Crippen MR) is 73.2 cm³/mol. The Balaban J connectivity index is 1.78. The van der Waals surface area contributed by atoms with Crippen LogP contribution in [-0.4, -0.2) is 37.5 Å². The van der Waals surface area contributed by atoms with E-state index in [0.717, 1.165) is 11.5 Å². The van der Waals surface area contributed by atoms with Crippen molar-refractivity contribution in [2.45, 2.75) is 32.1 Å². The number of furan rings is 1. The molecule has 0 bridgehead atoms. The maximum Gasteiger partial charge on any atom is 0.325 e. The SMILES string of the molecule is COC(=O)CN(C)C(=O)CCc1ccc(C2CC2C)o1. The number of esters is 1. The molecule has 1 heterocycles. The molecule has 1 amide bonds. The van der Waals surface area contributed by atoms with Gasteiger partial charge in [-0.3, -0.25) is 9.59 Å². The van der Waals surface area contributed by atoms with Gasteiger partial charge in [0.15, 0.2) is 0 Å². The Hall–Kier alpha value is -1.78. The average Bonchev–Trinajstić information content (AvgIpc) is 2.98. The molecule has 2 atom stereocenters. The third-order valence-electron chi connectivity index (χ3n) is 3.76. The summed E-state index contributed by atoms with van der Waals surface area (Å²) >= 11 is 0. The number of methoxy groups -OCH3 is 1. The van der Waals surface area contributed by atoms with E-state index in [9.17, 15) is 9.59 Å². The fraction of sp³-hybridized carbons (Fsp3) is 0.600. The van der Waals surface area contributed by atoms with Crippen LogP contribution in [0.3, 0.4) is 0 Å². The van der Waals surface area contributed by atoms with Crippen LogP contribution in [-0.2, 0) is 20.7 Å². The molecule has 1 aliphatic carbocycles. The van der Waals surface area contributed by atoms with Gasteiger partial charge in [-0.25, -0.2) is 0 Å². The zero-order valence-electron chi connectivity index (χ0n) is 12.2. The summed E-state index contributed by atoms with van der Waals surface area (Å²) in [7, 11) is 2.91. The van der Waals surface area contributed by atoms with Crippen molar-refractivity contribution >= 4 is 11.9 Å². The maximum absolute atomic E-state index is 11.8. The fourth-order valence-electron chi connectivity index (χ4n) is 2.21.